The summed E-state index contributed by atoms with van der Waals surface area (Å²) in [6.07, 6.45) is 1.06. The number of rotatable bonds is 7. The highest BCUT2D eigenvalue weighted by atomic mass is 16.5. The lowest BCUT2D eigenvalue weighted by Crippen LogP contribution is -2.39. The number of hydrogen-bond acceptors (Lipinski definition) is 3. The highest BCUT2D eigenvalue weighted by molar-refractivity contribution is 5.73. The third kappa shape index (κ3) is 4.24. The van der Waals surface area contributed by atoms with Gasteiger partial charge in [-0.1, -0.05) is 32.9 Å². The van der Waals surface area contributed by atoms with Gasteiger partial charge in [0.1, 0.15) is 18.4 Å². The van der Waals surface area contributed by atoms with E-state index in [0.29, 0.717) is 5.75 Å². The minimum atomic E-state index is -0.911. The zero-order valence-corrected chi connectivity index (χ0v) is 12.1. The average molecular weight is 265 g/mol. The van der Waals surface area contributed by atoms with Crippen LogP contribution in [0.2, 0.25) is 0 Å². The molecule has 0 aromatic heterocycles. The average Bonchev–Trinajstić information content (AvgIpc) is 2.39. The van der Waals surface area contributed by atoms with Crippen molar-refractivity contribution in [2.24, 2.45) is 0 Å². The van der Waals surface area contributed by atoms with E-state index < -0.39 is 12.0 Å². The monoisotopic (exact) mass is 265 g/mol. The Hall–Kier alpha value is -1.55. The third-order valence-electron chi connectivity index (χ3n) is 3.58. The molecule has 0 spiro atoms. The van der Waals surface area contributed by atoms with E-state index in [0.717, 1.165) is 6.42 Å². The van der Waals surface area contributed by atoms with Crippen LogP contribution in [0.3, 0.4) is 0 Å². The Morgan fingerprint density at radius 2 is 1.95 bits per heavy atom. The highest BCUT2D eigenvalue weighted by Gasteiger charge is 2.18. The minimum Gasteiger partial charge on any atom is -0.491 e. The van der Waals surface area contributed by atoms with Gasteiger partial charge >= 0.3 is 5.97 Å². The molecule has 0 bridgehead atoms. The quantitative estimate of drug-likeness (QED) is 0.795. The molecule has 106 valence electrons. The second-order valence-corrected chi connectivity index (χ2v) is 5.25. The van der Waals surface area contributed by atoms with Gasteiger partial charge in [-0.25, -0.2) is 0 Å². The van der Waals surface area contributed by atoms with Crippen molar-refractivity contribution in [1.82, 2.24) is 5.32 Å². The first-order chi connectivity index (χ1) is 8.90. The van der Waals surface area contributed by atoms with E-state index in [1.54, 1.807) is 7.05 Å². The van der Waals surface area contributed by atoms with E-state index >= 15 is 0 Å². The number of ether oxygens (including phenoxy) is 1. The molecule has 1 aromatic rings. The van der Waals surface area contributed by atoms with Crippen molar-refractivity contribution in [3.63, 3.8) is 0 Å². The topological polar surface area (TPSA) is 58.6 Å². The van der Waals surface area contributed by atoms with Gasteiger partial charge in [0.2, 0.25) is 0 Å². The molecule has 2 N–H and O–H groups in total. The van der Waals surface area contributed by atoms with Gasteiger partial charge in [0, 0.05) is 0 Å². The molecule has 1 atom stereocenters. The lowest BCUT2D eigenvalue weighted by molar-refractivity contribution is -0.140. The number of benzene rings is 1. The molecule has 0 heterocycles. The predicted molar refractivity (Wildman–Crippen MR) is 75.7 cm³/mol. The standard InChI is InChI=1S/C15H23NO3/c1-5-15(2,3)11-6-8-12(9-7-11)19-10-13(16-4)14(17)18/h6-9,13,16H,5,10H2,1-4H3,(H,17,18). The number of carbonyl (C=O) groups is 1. The van der Waals surface area contributed by atoms with Crippen LogP contribution in [0.25, 0.3) is 0 Å². The van der Waals surface area contributed by atoms with Gasteiger partial charge in [0.25, 0.3) is 0 Å². The van der Waals surface area contributed by atoms with Crippen LogP contribution in [-0.4, -0.2) is 30.8 Å². The van der Waals surface area contributed by atoms with Crippen molar-refractivity contribution in [2.75, 3.05) is 13.7 Å². The number of carboxylic acid groups (broad SMARTS) is 1. The van der Waals surface area contributed by atoms with Gasteiger partial charge in [-0.05, 0) is 36.6 Å². The summed E-state index contributed by atoms with van der Waals surface area (Å²) < 4.78 is 5.48. The Morgan fingerprint density at radius 3 is 2.37 bits per heavy atom. The van der Waals surface area contributed by atoms with E-state index in [-0.39, 0.29) is 12.0 Å². The van der Waals surface area contributed by atoms with Gasteiger partial charge in [-0.2, -0.15) is 0 Å². The molecule has 0 amide bonds. The number of aliphatic carboxylic acids is 1. The summed E-state index contributed by atoms with van der Waals surface area (Å²) in [6.45, 7) is 6.67. The molecule has 19 heavy (non-hydrogen) atoms. The molecule has 1 rings (SSSR count). The fourth-order valence-electron chi connectivity index (χ4n) is 1.66. The summed E-state index contributed by atoms with van der Waals surface area (Å²) in [6, 6.07) is 7.16. The molecule has 0 aliphatic heterocycles. The van der Waals surface area contributed by atoms with Crippen LogP contribution >= 0.6 is 0 Å². The molecular weight excluding hydrogens is 242 g/mol. The summed E-state index contributed by atoms with van der Waals surface area (Å²) in [7, 11) is 1.61. The summed E-state index contributed by atoms with van der Waals surface area (Å²) >= 11 is 0. The fourth-order valence-corrected chi connectivity index (χ4v) is 1.66. The highest BCUT2D eigenvalue weighted by Crippen LogP contribution is 2.27. The molecular formula is C15H23NO3. The normalized spacial score (nSPS) is 13.1. The first-order valence-corrected chi connectivity index (χ1v) is 6.54. The second-order valence-electron chi connectivity index (χ2n) is 5.25. The Balaban J connectivity index is 2.65. The van der Waals surface area contributed by atoms with Gasteiger partial charge in [-0.15, -0.1) is 0 Å². The van der Waals surface area contributed by atoms with E-state index in [1.807, 2.05) is 24.3 Å². The largest absolute Gasteiger partial charge is 0.491 e. The van der Waals surface area contributed by atoms with Gasteiger partial charge in [0.05, 0.1) is 0 Å². The fraction of sp³-hybridized carbons (Fsp3) is 0.533. The van der Waals surface area contributed by atoms with Crippen LogP contribution in [0, 0.1) is 0 Å². The number of hydrogen-bond donors (Lipinski definition) is 2. The van der Waals surface area contributed by atoms with Crippen molar-refractivity contribution in [1.29, 1.82) is 0 Å². The maximum absolute atomic E-state index is 10.8. The minimum absolute atomic E-state index is 0.113. The molecule has 1 aromatic carbocycles. The zero-order chi connectivity index (χ0) is 14.5. The van der Waals surface area contributed by atoms with Crippen molar-refractivity contribution >= 4 is 5.97 Å². The molecule has 0 saturated carbocycles. The second kappa shape index (κ2) is 6.57. The van der Waals surface area contributed by atoms with E-state index in [9.17, 15) is 4.79 Å². The van der Waals surface area contributed by atoms with Crippen molar-refractivity contribution in [2.45, 2.75) is 38.6 Å². The van der Waals surface area contributed by atoms with Gasteiger partial charge in [0.15, 0.2) is 0 Å². The summed E-state index contributed by atoms with van der Waals surface area (Å²) in [5, 5.41) is 11.6. The van der Waals surface area contributed by atoms with E-state index in [1.165, 1.54) is 5.56 Å². The summed E-state index contributed by atoms with van der Waals surface area (Å²) in [5.41, 5.74) is 1.40. The van der Waals surface area contributed by atoms with E-state index in [4.69, 9.17) is 9.84 Å². The van der Waals surface area contributed by atoms with Gasteiger partial charge in [-0.3, -0.25) is 4.79 Å². The number of likely N-dealkylation sites (N-methyl/N-ethyl adjacent to an activating group) is 1. The summed E-state index contributed by atoms with van der Waals surface area (Å²) in [5.74, 6) is -0.219. The first-order valence-electron chi connectivity index (χ1n) is 6.54. The molecule has 0 fully saturated rings. The lowest BCUT2D eigenvalue weighted by Gasteiger charge is -2.23. The number of carboxylic acids is 1. The molecule has 0 saturated heterocycles. The zero-order valence-electron chi connectivity index (χ0n) is 12.1. The Bertz CT molecular complexity index is 412. The van der Waals surface area contributed by atoms with Crippen LogP contribution in [0.1, 0.15) is 32.8 Å². The molecule has 4 heteroatoms. The smallest absolute Gasteiger partial charge is 0.324 e. The van der Waals surface area contributed by atoms with Gasteiger partial charge < -0.3 is 15.2 Å². The molecule has 0 aliphatic carbocycles. The first kappa shape index (κ1) is 15.5. The molecule has 0 aliphatic rings. The van der Waals surface area contributed by atoms with E-state index in [2.05, 4.69) is 26.1 Å². The van der Waals surface area contributed by atoms with Crippen molar-refractivity contribution in [3.05, 3.63) is 29.8 Å². The maximum Gasteiger partial charge on any atom is 0.324 e. The lowest BCUT2D eigenvalue weighted by atomic mass is 9.82. The van der Waals surface area contributed by atoms with Crippen molar-refractivity contribution < 1.29 is 14.6 Å². The Morgan fingerprint density at radius 1 is 1.37 bits per heavy atom. The maximum atomic E-state index is 10.8. The number of nitrogens with one attached hydrogen (secondary N) is 1. The van der Waals surface area contributed by atoms with Crippen LogP contribution in [0.15, 0.2) is 24.3 Å². The van der Waals surface area contributed by atoms with Crippen LogP contribution in [-0.2, 0) is 10.2 Å². The Kier molecular flexibility index (Phi) is 5.36. The molecule has 4 nitrogen and oxygen atoms in total. The third-order valence-corrected chi connectivity index (χ3v) is 3.58. The molecule has 1 unspecified atom stereocenters. The van der Waals surface area contributed by atoms with Crippen molar-refractivity contribution in [3.8, 4) is 5.75 Å². The Labute approximate surface area is 114 Å². The van der Waals surface area contributed by atoms with Crippen LogP contribution in [0.5, 0.6) is 5.75 Å². The van der Waals surface area contributed by atoms with Crippen LogP contribution < -0.4 is 10.1 Å². The SMILES string of the molecule is CCC(C)(C)c1ccc(OCC(NC)C(=O)O)cc1. The summed E-state index contributed by atoms with van der Waals surface area (Å²) in [4.78, 5) is 10.8. The van der Waals surface area contributed by atoms with Crippen LogP contribution in [0.4, 0.5) is 0 Å². The predicted octanol–water partition coefficient (Wildman–Crippen LogP) is 2.43. The molecule has 0 radical (unpaired) electrons.